The number of benzene rings is 2. The fourth-order valence-electron chi connectivity index (χ4n) is 2.75. The molecule has 4 heteroatoms. The second-order valence-electron chi connectivity index (χ2n) is 5.82. The predicted octanol–water partition coefficient (Wildman–Crippen LogP) is 4.55. The largest absolute Gasteiger partial charge is 0.346 e. The van der Waals surface area contributed by atoms with Crippen LogP contribution in [0.5, 0.6) is 0 Å². The van der Waals surface area contributed by atoms with Crippen molar-refractivity contribution in [3.05, 3.63) is 90.0 Å². The van der Waals surface area contributed by atoms with Crippen molar-refractivity contribution in [1.82, 2.24) is 4.57 Å². The van der Waals surface area contributed by atoms with Gasteiger partial charge >= 0.3 is 0 Å². The molecule has 3 nitrogen and oxygen atoms in total. The van der Waals surface area contributed by atoms with E-state index in [9.17, 15) is 9.18 Å². The third kappa shape index (κ3) is 3.90. The quantitative estimate of drug-likeness (QED) is 0.734. The summed E-state index contributed by atoms with van der Waals surface area (Å²) in [5, 5.41) is 2.93. The van der Waals surface area contributed by atoms with Gasteiger partial charge in [-0.05, 0) is 54.4 Å². The second kappa shape index (κ2) is 7.13. The molecule has 1 atom stereocenters. The summed E-state index contributed by atoms with van der Waals surface area (Å²) in [6.07, 6.45) is 4.09. The molecule has 3 rings (SSSR count). The van der Waals surface area contributed by atoms with E-state index in [0.29, 0.717) is 0 Å². The minimum absolute atomic E-state index is 0.0800. The molecule has 0 radical (unpaired) electrons. The van der Waals surface area contributed by atoms with Crippen LogP contribution >= 0.6 is 0 Å². The van der Waals surface area contributed by atoms with Crippen molar-refractivity contribution in [3.63, 3.8) is 0 Å². The summed E-state index contributed by atoms with van der Waals surface area (Å²) in [7, 11) is 0. The third-order valence-electron chi connectivity index (χ3n) is 3.92. The van der Waals surface area contributed by atoms with E-state index in [1.807, 2.05) is 60.3 Å². The number of hydrogen-bond acceptors (Lipinski definition) is 1. The molecule has 0 saturated heterocycles. The van der Waals surface area contributed by atoms with Crippen LogP contribution in [0, 0.1) is 12.7 Å². The molecule has 1 amide bonds. The highest BCUT2D eigenvalue weighted by Crippen LogP contribution is 2.23. The molecular weight excluding hydrogens is 303 g/mol. The van der Waals surface area contributed by atoms with Crippen LogP contribution in [0.15, 0.2) is 73.1 Å². The molecule has 24 heavy (non-hydrogen) atoms. The van der Waals surface area contributed by atoms with Gasteiger partial charge in [-0.3, -0.25) is 4.79 Å². The minimum Gasteiger partial charge on any atom is -0.346 e. The summed E-state index contributed by atoms with van der Waals surface area (Å²) in [5.41, 5.74) is 2.77. The Kier molecular flexibility index (Phi) is 4.75. The molecule has 0 aliphatic rings. The van der Waals surface area contributed by atoms with E-state index in [2.05, 4.69) is 5.32 Å². The Morgan fingerprint density at radius 1 is 1.08 bits per heavy atom. The van der Waals surface area contributed by atoms with Gasteiger partial charge in [-0.2, -0.15) is 0 Å². The van der Waals surface area contributed by atoms with Gasteiger partial charge in [-0.15, -0.1) is 0 Å². The molecule has 0 fully saturated rings. The molecular formula is C20H19FN2O. The lowest BCUT2D eigenvalue weighted by Crippen LogP contribution is -2.19. The number of carbonyl (C=O) groups excluding carboxylic acids is 1. The smallest absolute Gasteiger partial charge is 0.226 e. The van der Waals surface area contributed by atoms with E-state index in [1.54, 1.807) is 12.1 Å². The van der Waals surface area contributed by atoms with Crippen LogP contribution in [0.25, 0.3) is 0 Å². The molecule has 0 aliphatic heterocycles. The predicted molar refractivity (Wildman–Crippen MR) is 93.4 cm³/mol. The molecule has 1 N–H and O–H groups in total. The Balaban J connectivity index is 1.79. The molecule has 0 aliphatic carbocycles. The number of nitrogens with zero attached hydrogens (tertiary/aromatic N) is 1. The van der Waals surface area contributed by atoms with Crippen molar-refractivity contribution in [2.75, 3.05) is 5.32 Å². The summed E-state index contributed by atoms with van der Waals surface area (Å²) in [5.74, 6) is -0.363. The Labute approximate surface area is 140 Å². The van der Waals surface area contributed by atoms with Gasteiger partial charge in [0.05, 0.1) is 12.5 Å². The molecule has 0 spiro atoms. The van der Waals surface area contributed by atoms with E-state index >= 15 is 0 Å². The van der Waals surface area contributed by atoms with E-state index in [4.69, 9.17) is 0 Å². The molecule has 2 aromatic carbocycles. The number of aryl methyl sites for hydroxylation is 1. The minimum atomic E-state index is -0.283. The van der Waals surface area contributed by atoms with Crippen molar-refractivity contribution in [1.29, 1.82) is 0 Å². The maximum Gasteiger partial charge on any atom is 0.226 e. The molecule has 0 saturated carbocycles. The van der Waals surface area contributed by atoms with Crippen molar-refractivity contribution in [2.24, 2.45) is 0 Å². The zero-order chi connectivity index (χ0) is 16.9. The van der Waals surface area contributed by atoms with Gasteiger partial charge < -0.3 is 9.88 Å². The van der Waals surface area contributed by atoms with E-state index in [1.165, 1.54) is 12.1 Å². The molecule has 122 valence electrons. The number of amides is 1. The van der Waals surface area contributed by atoms with Gasteiger partial charge in [0.1, 0.15) is 5.82 Å². The number of hydrogen-bond donors (Lipinski definition) is 1. The van der Waals surface area contributed by atoms with Crippen LogP contribution in [0.4, 0.5) is 10.1 Å². The van der Waals surface area contributed by atoms with Crippen LogP contribution < -0.4 is 5.32 Å². The molecule has 1 aromatic heterocycles. The molecule has 1 heterocycles. The van der Waals surface area contributed by atoms with Gasteiger partial charge in [-0.1, -0.05) is 24.3 Å². The highest BCUT2D eigenvalue weighted by molar-refractivity contribution is 5.91. The summed E-state index contributed by atoms with van der Waals surface area (Å²) >= 11 is 0. The van der Waals surface area contributed by atoms with Crippen LogP contribution in [-0.4, -0.2) is 10.5 Å². The Morgan fingerprint density at radius 3 is 2.46 bits per heavy atom. The maximum absolute atomic E-state index is 13.2. The fourth-order valence-corrected chi connectivity index (χ4v) is 2.75. The highest BCUT2D eigenvalue weighted by Gasteiger charge is 2.17. The average Bonchev–Trinajstić information content (AvgIpc) is 3.08. The highest BCUT2D eigenvalue weighted by atomic mass is 19.1. The van der Waals surface area contributed by atoms with Crippen molar-refractivity contribution in [3.8, 4) is 0 Å². The number of nitrogens with one attached hydrogen (secondary N) is 1. The van der Waals surface area contributed by atoms with Crippen LogP contribution in [0.3, 0.4) is 0 Å². The third-order valence-corrected chi connectivity index (χ3v) is 3.92. The first-order valence-electron chi connectivity index (χ1n) is 7.86. The topological polar surface area (TPSA) is 34.0 Å². The first kappa shape index (κ1) is 16.0. The number of carbonyl (C=O) groups is 1. The number of aromatic nitrogens is 1. The monoisotopic (exact) mass is 322 g/mol. The fraction of sp³-hybridized carbons (Fsp3) is 0.150. The van der Waals surface area contributed by atoms with Gasteiger partial charge in [0, 0.05) is 18.1 Å². The molecule has 0 unspecified atom stereocenters. The molecule has 0 bridgehead atoms. The Morgan fingerprint density at radius 2 is 1.79 bits per heavy atom. The zero-order valence-corrected chi connectivity index (χ0v) is 13.4. The van der Waals surface area contributed by atoms with Gasteiger partial charge in [0.15, 0.2) is 0 Å². The van der Waals surface area contributed by atoms with Crippen molar-refractivity contribution < 1.29 is 9.18 Å². The second-order valence-corrected chi connectivity index (χ2v) is 5.82. The number of halogens is 1. The number of rotatable bonds is 5. The lowest BCUT2D eigenvalue weighted by molar-refractivity contribution is -0.116. The number of anilines is 1. The summed E-state index contributed by atoms with van der Waals surface area (Å²) in [6.45, 7) is 1.98. The summed E-state index contributed by atoms with van der Waals surface area (Å²) in [4.78, 5) is 12.5. The van der Waals surface area contributed by atoms with Crippen LogP contribution in [-0.2, 0) is 4.79 Å². The van der Waals surface area contributed by atoms with E-state index in [0.717, 1.165) is 16.8 Å². The maximum atomic E-state index is 13.2. The van der Waals surface area contributed by atoms with Gasteiger partial charge in [0.2, 0.25) is 5.91 Å². The first-order chi connectivity index (χ1) is 11.6. The lowest BCUT2D eigenvalue weighted by atomic mass is 10.0. The van der Waals surface area contributed by atoms with Crippen molar-refractivity contribution in [2.45, 2.75) is 19.4 Å². The summed E-state index contributed by atoms with van der Waals surface area (Å²) in [6, 6.07) is 17.6. The zero-order valence-electron chi connectivity index (χ0n) is 13.4. The standard InChI is InChI=1S/C20H19FN2O/c1-15-5-4-6-18(13-15)22-20(24)14-19(23-11-2-3-12-23)16-7-9-17(21)10-8-16/h2-13,19H,14H2,1H3,(H,22,24)/t19-/m0/s1. The Bertz CT molecular complexity index is 810. The lowest BCUT2D eigenvalue weighted by Gasteiger charge is -2.19. The molecule has 3 aromatic rings. The summed E-state index contributed by atoms with van der Waals surface area (Å²) < 4.78 is 15.2. The average molecular weight is 322 g/mol. The van der Waals surface area contributed by atoms with E-state index < -0.39 is 0 Å². The van der Waals surface area contributed by atoms with Crippen LogP contribution in [0.2, 0.25) is 0 Å². The van der Waals surface area contributed by atoms with Crippen LogP contribution in [0.1, 0.15) is 23.6 Å². The van der Waals surface area contributed by atoms with Gasteiger partial charge in [-0.25, -0.2) is 4.39 Å². The van der Waals surface area contributed by atoms with Gasteiger partial charge in [0.25, 0.3) is 0 Å². The van der Waals surface area contributed by atoms with Crippen molar-refractivity contribution >= 4 is 11.6 Å². The normalized spacial score (nSPS) is 11.9. The Hall–Kier alpha value is -2.88. The van der Waals surface area contributed by atoms with E-state index in [-0.39, 0.29) is 24.2 Å². The first-order valence-corrected chi connectivity index (χ1v) is 7.86. The SMILES string of the molecule is Cc1cccc(NC(=O)C[C@@H](c2ccc(F)cc2)n2cccc2)c1.